The maximum atomic E-state index is 12.2. The lowest BCUT2D eigenvalue weighted by Gasteiger charge is -2.38. The lowest BCUT2D eigenvalue weighted by atomic mass is 9.70. The van der Waals surface area contributed by atoms with Crippen molar-refractivity contribution in [2.45, 2.75) is 53.1 Å². The summed E-state index contributed by atoms with van der Waals surface area (Å²) in [5, 5.41) is 0. The first-order chi connectivity index (χ1) is 11.1. The molecule has 2 saturated carbocycles. The normalized spacial score (nSPS) is 29.8. The Bertz CT molecular complexity index is 562. The van der Waals surface area contributed by atoms with E-state index < -0.39 is 11.9 Å². The zero-order valence-corrected chi connectivity index (χ0v) is 15.1. The van der Waals surface area contributed by atoms with Crippen LogP contribution < -0.4 is 0 Å². The molecular formula is C19H28O5. The average Bonchev–Trinajstić information content (AvgIpc) is 2.84. The van der Waals surface area contributed by atoms with Crippen LogP contribution in [0.3, 0.4) is 0 Å². The standard InChI is InChI=1S/C19H28O5/c1-12(2)16(20)23-10-9-22-13(3)17(21)24-15-11-14-7-8-19(15,6)18(14,4)5/h14-15H,1,3,7-11H2,2,4-6H3/t14-,15?,19-/m1/s1. The van der Waals surface area contributed by atoms with Crippen molar-refractivity contribution in [1.29, 1.82) is 0 Å². The van der Waals surface area contributed by atoms with Gasteiger partial charge in [0, 0.05) is 11.0 Å². The Hall–Kier alpha value is -1.78. The summed E-state index contributed by atoms with van der Waals surface area (Å²) in [7, 11) is 0. The second kappa shape index (κ2) is 6.61. The molecular weight excluding hydrogens is 308 g/mol. The molecule has 1 unspecified atom stereocenters. The average molecular weight is 336 g/mol. The summed E-state index contributed by atoms with van der Waals surface area (Å²) < 4.78 is 15.8. The number of hydrogen-bond donors (Lipinski definition) is 0. The summed E-state index contributed by atoms with van der Waals surface area (Å²) in [5.74, 6) is -0.471. The molecule has 0 aromatic rings. The Morgan fingerprint density at radius 2 is 1.71 bits per heavy atom. The minimum atomic E-state index is -0.532. The van der Waals surface area contributed by atoms with Gasteiger partial charge in [-0.05, 0) is 44.1 Å². The fraction of sp³-hybridized carbons (Fsp3) is 0.684. The van der Waals surface area contributed by atoms with Gasteiger partial charge in [0.1, 0.15) is 19.3 Å². The van der Waals surface area contributed by atoms with Crippen LogP contribution in [0, 0.1) is 16.7 Å². The molecule has 0 aromatic heterocycles. The minimum absolute atomic E-state index is 0.00459. The highest BCUT2D eigenvalue weighted by molar-refractivity contribution is 5.87. The van der Waals surface area contributed by atoms with Crippen LogP contribution in [0.25, 0.3) is 0 Å². The van der Waals surface area contributed by atoms with E-state index in [-0.39, 0.29) is 35.9 Å². The predicted octanol–water partition coefficient (Wildman–Crippen LogP) is 3.39. The molecule has 2 bridgehead atoms. The quantitative estimate of drug-likeness (QED) is 0.309. The van der Waals surface area contributed by atoms with Gasteiger partial charge in [0.25, 0.3) is 0 Å². The fourth-order valence-electron chi connectivity index (χ4n) is 3.98. The van der Waals surface area contributed by atoms with Gasteiger partial charge >= 0.3 is 11.9 Å². The predicted molar refractivity (Wildman–Crippen MR) is 90.0 cm³/mol. The topological polar surface area (TPSA) is 61.8 Å². The highest BCUT2D eigenvalue weighted by atomic mass is 16.6. The van der Waals surface area contributed by atoms with Crippen molar-refractivity contribution in [1.82, 2.24) is 0 Å². The second-order valence-corrected chi connectivity index (χ2v) is 7.69. The first-order valence-corrected chi connectivity index (χ1v) is 8.45. The molecule has 3 atom stereocenters. The second-order valence-electron chi connectivity index (χ2n) is 7.69. The van der Waals surface area contributed by atoms with E-state index in [9.17, 15) is 9.59 Å². The third-order valence-electron chi connectivity index (χ3n) is 6.13. The van der Waals surface area contributed by atoms with Crippen molar-refractivity contribution in [2.75, 3.05) is 13.2 Å². The van der Waals surface area contributed by atoms with Crippen LogP contribution in [-0.4, -0.2) is 31.3 Å². The molecule has 0 aromatic carbocycles. The Morgan fingerprint density at radius 1 is 1.08 bits per heavy atom. The molecule has 2 rings (SSSR count). The summed E-state index contributed by atoms with van der Waals surface area (Å²) in [4.78, 5) is 23.4. The van der Waals surface area contributed by atoms with Crippen molar-refractivity contribution in [3.05, 3.63) is 24.5 Å². The molecule has 5 heteroatoms. The zero-order chi connectivity index (χ0) is 18.1. The van der Waals surface area contributed by atoms with Crippen LogP contribution in [-0.2, 0) is 23.8 Å². The van der Waals surface area contributed by atoms with E-state index in [2.05, 4.69) is 33.9 Å². The van der Waals surface area contributed by atoms with E-state index in [1.54, 1.807) is 6.92 Å². The zero-order valence-electron chi connectivity index (χ0n) is 15.1. The maximum absolute atomic E-state index is 12.2. The van der Waals surface area contributed by atoms with Gasteiger partial charge in [-0.3, -0.25) is 0 Å². The van der Waals surface area contributed by atoms with Crippen molar-refractivity contribution < 1.29 is 23.8 Å². The molecule has 0 radical (unpaired) electrons. The molecule has 24 heavy (non-hydrogen) atoms. The van der Waals surface area contributed by atoms with Gasteiger partial charge in [-0.25, -0.2) is 9.59 Å². The Kier molecular flexibility index (Phi) is 5.11. The van der Waals surface area contributed by atoms with Crippen LogP contribution in [0.2, 0.25) is 0 Å². The van der Waals surface area contributed by atoms with E-state index in [1.807, 2.05) is 0 Å². The highest BCUT2D eigenvalue weighted by Crippen LogP contribution is 2.66. The van der Waals surface area contributed by atoms with E-state index in [0.29, 0.717) is 11.5 Å². The molecule has 2 fully saturated rings. The summed E-state index contributed by atoms with van der Waals surface area (Å²) in [6, 6.07) is 0. The summed E-state index contributed by atoms with van der Waals surface area (Å²) in [6.07, 6.45) is 3.08. The van der Waals surface area contributed by atoms with Crippen molar-refractivity contribution in [3.8, 4) is 0 Å². The van der Waals surface area contributed by atoms with Gasteiger partial charge in [-0.15, -0.1) is 0 Å². The first-order valence-electron chi connectivity index (χ1n) is 8.45. The van der Waals surface area contributed by atoms with Crippen molar-refractivity contribution >= 4 is 11.9 Å². The number of ether oxygens (including phenoxy) is 3. The molecule has 0 saturated heterocycles. The van der Waals surface area contributed by atoms with Gasteiger partial charge in [0.15, 0.2) is 5.76 Å². The van der Waals surface area contributed by atoms with Gasteiger partial charge < -0.3 is 14.2 Å². The number of esters is 2. The van der Waals surface area contributed by atoms with E-state index in [0.717, 1.165) is 12.8 Å². The van der Waals surface area contributed by atoms with E-state index in [1.165, 1.54) is 6.42 Å². The molecule has 0 amide bonds. The molecule has 134 valence electrons. The van der Waals surface area contributed by atoms with Crippen LogP contribution in [0.1, 0.15) is 47.0 Å². The minimum Gasteiger partial charge on any atom is -0.483 e. The van der Waals surface area contributed by atoms with Gasteiger partial charge in [-0.2, -0.15) is 0 Å². The Balaban J connectivity index is 1.78. The molecule has 0 N–H and O–H groups in total. The highest BCUT2D eigenvalue weighted by Gasteiger charge is 2.62. The SMILES string of the molecule is C=C(C)C(=O)OCCOC(=C)C(=O)OC1C[C@H]2CC[C@@]1(C)C2(C)C. The third kappa shape index (κ3) is 3.21. The number of carbonyl (C=O) groups excluding carboxylic acids is 2. The van der Waals surface area contributed by atoms with E-state index >= 15 is 0 Å². The number of fused-ring (bicyclic) bond motifs is 2. The Morgan fingerprint density at radius 3 is 2.21 bits per heavy atom. The van der Waals surface area contributed by atoms with Crippen LogP contribution >= 0.6 is 0 Å². The number of carbonyl (C=O) groups is 2. The molecule has 2 aliphatic carbocycles. The molecule has 2 aliphatic rings. The Labute approximate surface area is 144 Å². The lowest BCUT2D eigenvalue weighted by Crippen LogP contribution is -2.38. The largest absolute Gasteiger partial charge is 0.483 e. The number of rotatable bonds is 7. The number of hydrogen-bond acceptors (Lipinski definition) is 5. The third-order valence-corrected chi connectivity index (χ3v) is 6.13. The fourth-order valence-corrected chi connectivity index (χ4v) is 3.98. The van der Waals surface area contributed by atoms with Crippen molar-refractivity contribution in [3.63, 3.8) is 0 Å². The van der Waals surface area contributed by atoms with Crippen LogP contribution in [0.5, 0.6) is 0 Å². The monoisotopic (exact) mass is 336 g/mol. The summed E-state index contributed by atoms with van der Waals surface area (Å²) >= 11 is 0. The molecule has 0 spiro atoms. The molecule has 5 nitrogen and oxygen atoms in total. The van der Waals surface area contributed by atoms with Crippen LogP contribution in [0.4, 0.5) is 0 Å². The smallest absolute Gasteiger partial charge is 0.373 e. The molecule has 0 heterocycles. The van der Waals surface area contributed by atoms with Gasteiger partial charge in [-0.1, -0.05) is 27.4 Å². The van der Waals surface area contributed by atoms with E-state index in [4.69, 9.17) is 14.2 Å². The first kappa shape index (κ1) is 18.6. The summed E-state index contributed by atoms with van der Waals surface area (Å²) in [5.41, 5.74) is 0.502. The van der Waals surface area contributed by atoms with Crippen molar-refractivity contribution in [2.24, 2.45) is 16.7 Å². The maximum Gasteiger partial charge on any atom is 0.373 e. The van der Waals surface area contributed by atoms with Crippen LogP contribution in [0.15, 0.2) is 24.5 Å². The molecule has 0 aliphatic heterocycles. The lowest BCUT2D eigenvalue weighted by molar-refractivity contribution is -0.156. The van der Waals surface area contributed by atoms with Gasteiger partial charge in [0.05, 0.1) is 0 Å². The van der Waals surface area contributed by atoms with Gasteiger partial charge in [0.2, 0.25) is 0 Å². The summed E-state index contributed by atoms with van der Waals surface area (Å²) in [6.45, 7) is 15.5.